The first kappa shape index (κ1) is 56.1. The Bertz CT molecular complexity index is 5670. The van der Waals surface area contributed by atoms with Crippen molar-refractivity contribution in [3.63, 3.8) is 0 Å². The van der Waals surface area contributed by atoms with Crippen LogP contribution in [-0.4, -0.2) is 16.3 Å². The standard InChI is InChI=1S/C89H60BN9/c1-8-32-61(33-9-1)92(62-34-10-2-11-35-62)68-56-84-88-85(57-68)96(67-44-20-7-21-45-67)82-59-80-72(58-81(82)98(88)78-54-30-28-52-76(78)95(84)66-42-18-6-19-43-66)90-71-48-24-27-51-75(71)94(65-40-16-5-17-41-65)83-60-86(93(63-36-12-3-13-37-63)64-38-14-4-15-39-64)91-89(87(83)90)99(80)79-55-31-29-53-77(79)97-73-49-25-22-46-69(73)70-47-23-26-50-74(70)97/h1-60H. The molecule has 0 amide bonds. The van der Waals surface area contributed by atoms with E-state index in [1.165, 1.54) is 16.2 Å². The second-order valence-electron chi connectivity index (χ2n) is 25.5. The highest BCUT2D eigenvalue weighted by Gasteiger charge is 2.48. The number of nitrogens with zero attached hydrogens (tertiary/aromatic N) is 9. The lowest BCUT2D eigenvalue weighted by molar-refractivity contribution is 1.09. The second-order valence-corrected chi connectivity index (χ2v) is 25.5. The van der Waals surface area contributed by atoms with Gasteiger partial charge in [0.25, 0.3) is 6.71 Å². The van der Waals surface area contributed by atoms with Gasteiger partial charge in [0.05, 0.1) is 67.9 Å². The van der Waals surface area contributed by atoms with Gasteiger partial charge in [0.15, 0.2) is 0 Å². The first-order chi connectivity index (χ1) is 49.2. The molecule has 0 saturated heterocycles. The summed E-state index contributed by atoms with van der Waals surface area (Å²) in [5.74, 6) is 1.60. The molecule has 0 bridgehead atoms. The van der Waals surface area contributed by atoms with Crippen molar-refractivity contribution in [2.75, 3.05) is 34.3 Å². The molecule has 9 nitrogen and oxygen atoms in total. The topological polar surface area (TPSA) is 40.5 Å². The van der Waals surface area contributed by atoms with E-state index in [1.54, 1.807) is 0 Å². The van der Waals surface area contributed by atoms with Gasteiger partial charge in [0, 0.05) is 73.7 Å². The zero-order chi connectivity index (χ0) is 65.1. The number of aromatic nitrogens is 2. The highest BCUT2D eigenvalue weighted by Crippen LogP contribution is 2.65. The number of rotatable bonds is 11. The molecule has 14 aromatic carbocycles. The van der Waals surface area contributed by atoms with Gasteiger partial charge in [-0.3, -0.25) is 9.80 Å². The fraction of sp³-hybridized carbons (Fsp3) is 0. The zero-order valence-corrected chi connectivity index (χ0v) is 53.7. The molecule has 0 spiro atoms. The maximum atomic E-state index is 6.28. The van der Waals surface area contributed by atoms with Crippen LogP contribution in [0.25, 0.3) is 27.5 Å². The molecule has 0 saturated carbocycles. The van der Waals surface area contributed by atoms with Crippen molar-refractivity contribution >= 4 is 165 Å². The van der Waals surface area contributed by atoms with Gasteiger partial charge in [0.1, 0.15) is 11.6 Å². The minimum atomic E-state index is -0.314. The SMILES string of the molecule is c1ccc(N(c2ccccc2)c2cc3c4c(c2)N(c2ccccc2)c2cc5c(cc2N4c2ccccc2N3c2ccccc2)B2c3ccccc3N(c3ccccc3)c3cc(N(c4ccccc4)c4ccccc4)nc(c32)N5c2ccccc2-n2c3ccccc3c3ccccc32)cc1. The van der Waals surface area contributed by atoms with Crippen molar-refractivity contribution in [2.45, 2.75) is 0 Å². The molecule has 6 heterocycles. The summed E-state index contributed by atoms with van der Waals surface area (Å²) < 4.78 is 2.47. The van der Waals surface area contributed by atoms with Gasteiger partial charge in [0.2, 0.25) is 0 Å². The molecule has 0 radical (unpaired) electrons. The van der Waals surface area contributed by atoms with Gasteiger partial charge >= 0.3 is 0 Å². The summed E-state index contributed by atoms with van der Waals surface area (Å²) in [4.78, 5) is 23.6. The zero-order valence-electron chi connectivity index (χ0n) is 53.7. The van der Waals surface area contributed by atoms with Crippen LogP contribution in [0.3, 0.4) is 0 Å². The average molecular weight is 1270 g/mol. The van der Waals surface area contributed by atoms with E-state index >= 15 is 0 Å². The molecule has 4 aliphatic heterocycles. The van der Waals surface area contributed by atoms with Gasteiger partial charge in [-0.05, 0) is 168 Å². The molecule has 16 aromatic rings. The Morgan fingerprint density at radius 1 is 0.242 bits per heavy atom. The normalized spacial score (nSPS) is 12.9. The molecule has 464 valence electrons. The predicted octanol–water partition coefficient (Wildman–Crippen LogP) is 22.2. The summed E-state index contributed by atoms with van der Waals surface area (Å²) in [6, 6.07) is 133. The first-order valence-corrected chi connectivity index (χ1v) is 33.8. The molecule has 10 heteroatoms. The summed E-state index contributed by atoms with van der Waals surface area (Å²) in [5.41, 5.74) is 26.4. The number of fused-ring (bicyclic) bond motifs is 11. The van der Waals surface area contributed by atoms with Crippen molar-refractivity contribution in [3.05, 3.63) is 364 Å². The van der Waals surface area contributed by atoms with E-state index < -0.39 is 0 Å². The lowest BCUT2D eigenvalue weighted by atomic mass is 9.33. The third-order valence-electron chi connectivity index (χ3n) is 20.0. The monoisotopic (exact) mass is 1270 g/mol. The smallest absolute Gasteiger partial charge is 0.254 e. The lowest BCUT2D eigenvalue weighted by Gasteiger charge is -2.49. The predicted molar refractivity (Wildman–Crippen MR) is 413 cm³/mol. The van der Waals surface area contributed by atoms with Crippen molar-refractivity contribution in [3.8, 4) is 5.69 Å². The molecule has 4 aliphatic rings. The Hall–Kier alpha value is -13.3. The van der Waals surface area contributed by atoms with Crippen LogP contribution in [0.1, 0.15) is 0 Å². The molecule has 0 unspecified atom stereocenters. The maximum Gasteiger partial charge on any atom is 0.254 e. The van der Waals surface area contributed by atoms with Crippen LogP contribution < -0.4 is 50.7 Å². The Kier molecular flexibility index (Phi) is 12.9. The van der Waals surface area contributed by atoms with E-state index in [1.807, 2.05) is 0 Å². The van der Waals surface area contributed by atoms with Crippen molar-refractivity contribution in [2.24, 2.45) is 0 Å². The van der Waals surface area contributed by atoms with E-state index in [0.29, 0.717) is 0 Å². The molecule has 99 heavy (non-hydrogen) atoms. The number of benzene rings is 14. The Morgan fingerprint density at radius 3 is 1.14 bits per heavy atom. The number of anilines is 21. The average Bonchev–Trinajstić information content (AvgIpc) is 0.966. The molecule has 0 aliphatic carbocycles. The van der Waals surface area contributed by atoms with Gasteiger partial charge in [-0.25, -0.2) is 4.98 Å². The summed E-state index contributed by atoms with van der Waals surface area (Å²) in [6.07, 6.45) is 0. The largest absolute Gasteiger partial charge is 0.311 e. The van der Waals surface area contributed by atoms with E-state index in [2.05, 4.69) is 403 Å². The van der Waals surface area contributed by atoms with Crippen molar-refractivity contribution in [1.82, 2.24) is 9.55 Å². The van der Waals surface area contributed by atoms with Gasteiger partial charge < -0.3 is 29.1 Å². The summed E-state index contributed by atoms with van der Waals surface area (Å²) >= 11 is 0. The van der Waals surface area contributed by atoms with E-state index in [4.69, 9.17) is 4.98 Å². The third-order valence-corrected chi connectivity index (χ3v) is 20.0. The molecular weight excluding hydrogens is 1210 g/mol. The maximum absolute atomic E-state index is 6.28. The van der Waals surface area contributed by atoms with Gasteiger partial charge in [-0.15, -0.1) is 0 Å². The highest BCUT2D eigenvalue weighted by atomic mass is 15.4. The van der Waals surface area contributed by atoms with Crippen molar-refractivity contribution in [1.29, 1.82) is 0 Å². The van der Waals surface area contributed by atoms with E-state index in [0.717, 1.165) is 147 Å². The Labute approximate surface area is 574 Å². The number of hydrogen-bond acceptors (Lipinski definition) is 8. The van der Waals surface area contributed by atoms with Crippen LogP contribution >= 0.6 is 0 Å². The van der Waals surface area contributed by atoms with Crippen LogP contribution in [0.5, 0.6) is 0 Å². The fourth-order valence-electron chi connectivity index (χ4n) is 16.0. The lowest BCUT2D eigenvalue weighted by Crippen LogP contribution is -2.62. The summed E-state index contributed by atoms with van der Waals surface area (Å²) in [6.45, 7) is -0.314. The van der Waals surface area contributed by atoms with Crippen LogP contribution in [0.2, 0.25) is 0 Å². The summed E-state index contributed by atoms with van der Waals surface area (Å²) in [5, 5.41) is 2.37. The van der Waals surface area contributed by atoms with Crippen molar-refractivity contribution < 1.29 is 0 Å². The molecule has 0 fully saturated rings. The first-order valence-electron chi connectivity index (χ1n) is 33.8. The minimum absolute atomic E-state index is 0.314. The number of pyridine rings is 1. The van der Waals surface area contributed by atoms with Crippen LogP contribution in [0.4, 0.5) is 120 Å². The van der Waals surface area contributed by atoms with Gasteiger partial charge in [-0.2, -0.15) is 0 Å². The second kappa shape index (κ2) is 22.7. The Morgan fingerprint density at radius 2 is 0.626 bits per heavy atom. The van der Waals surface area contributed by atoms with Crippen LogP contribution in [0, 0.1) is 0 Å². The van der Waals surface area contributed by atoms with Crippen LogP contribution in [0.15, 0.2) is 364 Å². The fourth-order valence-corrected chi connectivity index (χ4v) is 16.0. The molecule has 0 atom stereocenters. The van der Waals surface area contributed by atoms with E-state index in [9.17, 15) is 0 Å². The van der Waals surface area contributed by atoms with E-state index in [-0.39, 0.29) is 6.71 Å². The highest BCUT2D eigenvalue weighted by molar-refractivity contribution is 7.00. The molecular formula is C89H60BN9. The molecule has 0 N–H and O–H groups in total. The quantitative estimate of drug-likeness (QED) is 0.119. The third kappa shape index (κ3) is 8.72. The summed E-state index contributed by atoms with van der Waals surface area (Å²) in [7, 11) is 0. The number of hydrogen-bond donors (Lipinski definition) is 0. The minimum Gasteiger partial charge on any atom is -0.311 e. The molecule has 20 rings (SSSR count). The number of para-hydroxylation sites is 14. The Balaban J connectivity index is 0.941. The molecule has 2 aromatic heterocycles. The van der Waals surface area contributed by atoms with Gasteiger partial charge in [-0.1, -0.05) is 206 Å². The van der Waals surface area contributed by atoms with Crippen LogP contribution in [-0.2, 0) is 0 Å².